The zero-order valence-corrected chi connectivity index (χ0v) is 9.42. The number of ether oxygens (including phenoxy) is 1. The van der Waals surface area contributed by atoms with Gasteiger partial charge >= 0.3 is 0 Å². The summed E-state index contributed by atoms with van der Waals surface area (Å²) in [6.07, 6.45) is 0. The molecule has 78 valence electrons. The Morgan fingerprint density at radius 1 is 1.21 bits per heavy atom. The molecule has 0 amide bonds. The summed E-state index contributed by atoms with van der Waals surface area (Å²) in [6, 6.07) is 7.98. The van der Waals surface area contributed by atoms with Gasteiger partial charge in [-0.15, -0.1) is 0 Å². The Kier molecular flexibility index (Phi) is 3.39. The maximum Gasteiger partial charge on any atom is 0.141 e. The molecule has 0 fully saturated rings. The highest BCUT2D eigenvalue weighted by Gasteiger charge is 2.10. The highest BCUT2D eigenvalue weighted by Crippen LogP contribution is 2.24. The second-order valence-corrected chi connectivity index (χ2v) is 4.61. The summed E-state index contributed by atoms with van der Waals surface area (Å²) in [7, 11) is 1.69. The Bertz CT molecular complexity index is 289. The number of nitrogens with one attached hydrogen (secondary N) is 1. The van der Waals surface area contributed by atoms with Gasteiger partial charge in [0.05, 0.1) is 12.8 Å². The molecule has 0 bridgehead atoms. The molecule has 1 rings (SSSR count). The third-order valence-electron chi connectivity index (χ3n) is 1.92. The fraction of sp³-hybridized carbons (Fsp3) is 0.500. The SMILES string of the molecule is COc1ccccc1NCC(C)(C)C. The molecule has 2 heteroatoms. The second-order valence-electron chi connectivity index (χ2n) is 4.61. The van der Waals surface area contributed by atoms with Crippen molar-refractivity contribution >= 4 is 5.69 Å². The summed E-state index contributed by atoms with van der Waals surface area (Å²) >= 11 is 0. The molecule has 0 aliphatic rings. The van der Waals surface area contributed by atoms with Crippen molar-refractivity contribution in [3.8, 4) is 5.75 Å². The molecule has 0 aliphatic carbocycles. The molecular weight excluding hydrogens is 174 g/mol. The van der Waals surface area contributed by atoms with Crippen LogP contribution in [0.15, 0.2) is 24.3 Å². The first-order valence-corrected chi connectivity index (χ1v) is 4.90. The maximum atomic E-state index is 5.25. The number of hydrogen-bond acceptors (Lipinski definition) is 2. The minimum absolute atomic E-state index is 0.279. The smallest absolute Gasteiger partial charge is 0.141 e. The van der Waals surface area contributed by atoms with Crippen LogP contribution in [0, 0.1) is 5.41 Å². The normalized spacial score (nSPS) is 11.1. The van der Waals surface area contributed by atoms with E-state index in [9.17, 15) is 0 Å². The first-order chi connectivity index (χ1) is 6.53. The van der Waals surface area contributed by atoms with E-state index in [2.05, 4.69) is 26.1 Å². The largest absolute Gasteiger partial charge is 0.495 e. The molecule has 0 atom stereocenters. The average molecular weight is 193 g/mol. The van der Waals surface area contributed by atoms with Crippen LogP contribution in [0.4, 0.5) is 5.69 Å². The molecule has 0 saturated carbocycles. The van der Waals surface area contributed by atoms with Gasteiger partial charge in [0.2, 0.25) is 0 Å². The predicted molar refractivity (Wildman–Crippen MR) is 60.9 cm³/mol. The van der Waals surface area contributed by atoms with Crippen LogP contribution in [0.5, 0.6) is 5.75 Å². The number of hydrogen-bond donors (Lipinski definition) is 1. The summed E-state index contributed by atoms with van der Waals surface area (Å²) in [5.74, 6) is 0.900. The lowest BCUT2D eigenvalue weighted by atomic mass is 9.97. The van der Waals surface area contributed by atoms with Gasteiger partial charge in [0, 0.05) is 6.54 Å². The van der Waals surface area contributed by atoms with Crippen molar-refractivity contribution in [2.75, 3.05) is 19.0 Å². The number of anilines is 1. The van der Waals surface area contributed by atoms with Crippen LogP contribution in [0.25, 0.3) is 0 Å². The van der Waals surface area contributed by atoms with Crippen LogP contribution >= 0.6 is 0 Å². The van der Waals surface area contributed by atoms with E-state index < -0.39 is 0 Å². The lowest BCUT2D eigenvalue weighted by Gasteiger charge is -2.20. The predicted octanol–water partition coefficient (Wildman–Crippen LogP) is 3.15. The fourth-order valence-corrected chi connectivity index (χ4v) is 1.15. The van der Waals surface area contributed by atoms with Crippen molar-refractivity contribution in [1.82, 2.24) is 0 Å². The van der Waals surface area contributed by atoms with Crippen molar-refractivity contribution < 1.29 is 4.74 Å². The standard InChI is InChI=1S/C12H19NO/c1-12(2,3)9-13-10-7-5-6-8-11(10)14-4/h5-8,13H,9H2,1-4H3. The van der Waals surface area contributed by atoms with E-state index in [1.807, 2.05) is 24.3 Å². The number of methoxy groups -OCH3 is 1. The summed E-state index contributed by atoms with van der Waals surface area (Å²) in [4.78, 5) is 0. The molecule has 0 radical (unpaired) electrons. The van der Waals surface area contributed by atoms with Gasteiger partial charge in [-0.1, -0.05) is 32.9 Å². The molecule has 1 aromatic rings. The second kappa shape index (κ2) is 4.36. The van der Waals surface area contributed by atoms with E-state index in [-0.39, 0.29) is 5.41 Å². The minimum atomic E-state index is 0.279. The van der Waals surface area contributed by atoms with Crippen LogP contribution in [0.1, 0.15) is 20.8 Å². The first kappa shape index (κ1) is 10.9. The van der Waals surface area contributed by atoms with E-state index in [1.54, 1.807) is 7.11 Å². The lowest BCUT2D eigenvalue weighted by molar-refractivity contribution is 0.412. The summed E-state index contributed by atoms with van der Waals surface area (Å²) in [6.45, 7) is 7.55. The molecule has 0 aromatic heterocycles. The van der Waals surface area contributed by atoms with Gasteiger partial charge in [0.1, 0.15) is 5.75 Å². The third-order valence-corrected chi connectivity index (χ3v) is 1.92. The molecule has 0 saturated heterocycles. The minimum Gasteiger partial charge on any atom is -0.495 e. The Hall–Kier alpha value is -1.18. The van der Waals surface area contributed by atoms with Crippen LogP contribution < -0.4 is 10.1 Å². The number of benzene rings is 1. The van der Waals surface area contributed by atoms with Gasteiger partial charge < -0.3 is 10.1 Å². The lowest BCUT2D eigenvalue weighted by Crippen LogP contribution is -2.19. The molecule has 2 nitrogen and oxygen atoms in total. The Balaban J connectivity index is 2.67. The van der Waals surface area contributed by atoms with Gasteiger partial charge in [-0.2, -0.15) is 0 Å². The summed E-state index contributed by atoms with van der Waals surface area (Å²) in [5, 5.41) is 3.38. The van der Waals surface area contributed by atoms with E-state index in [1.165, 1.54) is 0 Å². The van der Waals surface area contributed by atoms with Crippen LogP contribution in [0.2, 0.25) is 0 Å². The number of para-hydroxylation sites is 2. The van der Waals surface area contributed by atoms with Gasteiger partial charge in [0.25, 0.3) is 0 Å². The topological polar surface area (TPSA) is 21.3 Å². The summed E-state index contributed by atoms with van der Waals surface area (Å²) < 4.78 is 5.25. The van der Waals surface area contributed by atoms with Gasteiger partial charge in [-0.25, -0.2) is 0 Å². The average Bonchev–Trinajstić information content (AvgIpc) is 2.14. The number of rotatable bonds is 3. The molecular formula is C12H19NO. The van der Waals surface area contributed by atoms with E-state index in [4.69, 9.17) is 4.74 Å². The maximum absolute atomic E-state index is 5.25. The van der Waals surface area contributed by atoms with E-state index >= 15 is 0 Å². The van der Waals surface area contributed by atoms with Crippen molar-refractivity contribution in [1.29, 1.82) is 0 Å². The Morgan fingerprint density at radius 2 is 1.86 bits per heavy atom. The zero-order valence-electron chi connectivity index (χ0n) is 9.42. The van der Waals surface area contributed by atoms with Crippen molar-refractivity contribution in [2.45, 2.75) is 20.8 Å². The van der Waals surface area contributed by atoms with E-state index in [0.29, 0.717) is 0 Å². The quantitative estimate of drug-likeness (QED) is 0.796. The molecule has 0 spiro atoms. The molecule has 1 aromatic carbocycles. The van der Waals surface area contributed by atoms with Crippen molar-refractivity contribution in [2.24, 2.45) is 5.41 Å². The van der Waals surface area contributed by atoms with Crippen LogP contribution in [-0.2, 0) is 0 Å². The molecule has 0 aliphatic heterocycles. The molecule has 1 N–H and O–H groups in total. The molecule has 0 heterocycles. The highest BCUT2D eigenvalue weighted by atomic mass is 16.5. The van der Waals surface area contributed by atoms with Gasteiger partial charge in [0.15, 0.2) is 0 Å². The fourth-order valence-electron chi connectivity index (χ4n) is 1.15. The Labute approximate surface area is 86.3 Å². The van der Waals surface area contributed by atoms with Crippen LogP contribution in [0.3, 0.4) is 0 Å². The van der Waals surface area contributed by atoms with Crippen molar-refractivity contribution in [3.63, 3.8) is 0 Å². The molecule has 0 unspecified atom stereocenters. The van der Waals surface area contributed by atoms with Gasteiger partial charge in [-0.05, 0) is 17.5 Å². The molecule has 14 heavy (non-hydrogen) atoms. The highest BCUT2D eigenvalue weighted by molar-refractivity contribution is 5.56. The third kappa shape index (κ3) is 3.29. The van der Waals surface area contributed by atoms with Crippen LogP contribution in [-0.4, -0.2) is 13.7 Å². The zero-order chi connectivity index (χ0) is 10.6. The van der Waals surface area contributed by atoms with Gasteiger partial charge in [-0.3, -0.25) is 0 Å². The monoisotopic (exact) mass is 193 g/mol. The Morgan fingerprint density at radius 3 is 2.43 bits per heavy atom. The van der Waals surface area contributed by atoms with Crippen molar-refractivity contribution in [3.05, 3.63) is 24.3 Å². The summed E-state index contributed by atoms with van der Waals surface area (Å²) in [5.41, 5.74) is 1.34. The first-order valence-electron chi connectivity index (χ1n) is 4.90. The van der Waals surface area contributed by atoms with E-state index in [0.717, 1.165) is 18.0 Å².